The molecule has 1 aromatic heterocycles. The third-order valence-electron chi connectivity index (χ3n) is 2.44. The van der Waals surface area contributed by atoms with Gasteiger partial charge in [-0.2, -0.15) is 0 Å². The third-order valence-corrected chi connectivity index (χ3v) is 2.44. The molecule has 96 valence electrons. The molecule has 0 aliphatic carbocycles. The van der Waals surface area contributed by atoms with E-state index in [0.717, 1.165) is 25.1 Å². The van der Waals surface area contributed by atoms with Gasteiger partial charge >= 0.3 is 5.97 Å². The summed E-state index contributed by atoms with van der Waals surface area (Å²) in [6, 6.07) is 4.21. The van der Waals surface area contributed by atoms with E-state index in [2.05, 4.69) is 12.2 Å². The van der Waals surface area contributed by atoms with Crippen LogP contribution in [0.4, 0.5) is 0 Å². The lowest BCUT2D eigenvalue weighted by atomic mass is 10.2. The Kier molecular flexibility index (Phi) is 6.40. The first kappa shape index (κ1) is 13.8. The molecule has 0 bridgehead atoms. The zero-order chi connectivity index (χ0) is 12.5. The van der Waals surface area contributed by atoms with Gasteiger partial charge in [-0.1, -0.05) is 0 Å². The highest BCUT2D eigenvalue weighted by Gasteiger charge is 2.05. The largest absolute Gasteiger partial charge is 0.469 e. The van der Waals surface area contributed by atoms with Crippen LogP contribution in [0, 0.1) is 0 Å². The molecule has 1 N–H and O–H groups in total. The van der Waals surface area contributed by atoms with E-state index in [1.165, 1.54) is 0 Å². The molecule has 0 saturated heterocycles. The van der Waals surface area contributed by atoms with Gasteiger partial charge in [0.05, 0.1) is 12.9 Å². The number of furan rings is 1. The minimum absolute atomic E-state index is 0.118. The summed E-state index contributed by atoms with van der Waals surface area (Å²) >= 11 is 0. The second-order valence-electron chi connectivity index (χ2n) is 4.05. The summed E-state index contributed by atoms with van der Waals surface area (Å²) in [7, 11) is 0. The fourth-order valence-corrected chi connectivity index (χ4v) is 1.62. The Hall–Kier alpha value is -1.29. The number of ether oxygens (including phenoxy) is 1. The lowest BCUT2D eigenvalue weighted by Gasteiger charge is -2.11. The molecule has 4 nitrogen and oxygen atoms in total. The summed E-state index contributed by atoms with van der Waals surface area (Å²) in [6.45, 7) is 5.20. The van der Waals surface area contributed by atoms with Crippen molar-refractivity contribution >= 4 is 5.97 Å². The van der Waals surface area contributed by atoms with Crippen molar-refractivity contribution in [3.05, 3.63) is 24.2 Å². The van der Waals surface area contributed by atoms with Gasteiger partial charge < -0.3 is 14.5 Å². The zero-order valence-electron chi connectivity index (χ0n) is 10.6. The van der Waals surface area contributed by atoms with E-state index in [0.29, 0.717) is 19.1 Å². The predicted molar refractivity (Wildman–Crippen MR) is 65.7 cm³/mol. The van der Waals surface area contributed by atoms with Gasteiger partial charge in [0.1, 0.15) is 5.76 Å². The second kappa shape index (κ2) is 7.90. The topological polar surface area (TPSA) is 51.5 Å². The summed E-state index contributed by atoms with van der Waals surface area (Å²) in [5.41, 5.74) is 0. The number of nitrogens with one attached hydrogen (secondary N) is 1. The zero-order valence-corrected chi connectivity index (χ0v) is 10.6. The Morgan fingerprint density at radius 2 is 2.41 bits per heavy atom. The van der Waals surface area contributed by atoms with Gasteiger partial charge in [-0.25, -0.2) is 0 Å². The van der Waals surface area contributed by atoms with Crippen molar-refractivity contribution in [1.82, 2.24) is 5.32 Å². The monoisotopic (exact) mass is 239 g/mol. The van der Waals surface area contributed by atoms with Crippen LogP contribution in [0.3, 0.4) is 0 Å². The number of hydrogen-bond acceptors (Lipinski definition) is 4. The first-order chi connectivity index (χ1) is 8.22. The van der Waals surface area contributed by atoms with Gasteiger partial charge in [-0.3, -0.25) is 4.79 Å². The quantitative estimate of drug-likeness (QED) is 0.558. The minimum atomic E-state index is -0.118. The number of hydrogen-bond donors (Lipinski definition) is 1. The average Bonchev–Trinajstić information content (AvgIpc) is 2.77. The lowest BCUT2D eigenvalue weighted by molar-refractivity contribution is -0.143. The highest BCUT2D eigenvalue weighted by molar-refractivity contribution is 5.69. The van der Waals surface area contributed by atoms with Crippen LogP contribution in [0.5, 0.6) is 0 Å². The molecule has 4 heteroatoms. The van der Waals surface area contributed by atoms with Crippen LogP contribution in [0.15, 0.2) is 22.8 Å². The molecule has 0 fully saturated rings. The molecule has 1 unspecified atom stereocenters. The normalized spacial score (nSPS) is 12.4. The average molecular weight is 239 g/mol. The minimum Gasteiger partial charge on any atom is -0.469 e. The van der Waals surface area contributed by atoms with Crippen LogP contribution < -0.4 is 5.32 Å². The molecule has 1 atom stereocenters. The fraction of sp³-hybridized carbons (Fsp3) is 0.615. The third kappa shape index (κ3) is 6.12. The van der Waals surface area contributed by atoms with Gasteiger partial charge in [0.15, 0.2) is 0 Å². The van der Waals surface area contributed by atoms with Crippen molar-refractivity contribution in [1.29, 1.82) is 0 Å². The summed E-state index contributed by atoms with van der Waals surface area (Å²) in [5.74, 6) is 0.864. The summed E-state index contributed by atoms with van der Waals surface area (Å²) < 4.78 is 10.1. The van der Waals surface area contributed by atoms with E-state index in [1.807, 2.05) is 19.1 Å². The van der Waals surface area contributed by atoms with Crippen LogP contribution >= 0.6 is 0 Å². The van der Waals surface area contributed by atoms with Gasteiger partial charge in [0.25, 0.3) is 0 Å². The van der Waals surface area contributed by atoms with E-state index < -0.39 is 0 Å². The predicted octanol–water partition coefficient (Wildman–Crippen LogP) is 2.14. The van der Waals surface area contributed by atoms with Crippen molar-refractivity contribution in [2.75, 3.05) is 13.2 Å². The van der Waals surface area contributed by atoms with Gasteiger partial charge in [0, 0.05) is 18.9 Å². The van der Waals surface area contributed by atoms with Crippen LogP contribution in [0.1, 0.15) is 32.4 Å². The molecule has 1 heterocycles. The molecule has 1 rings (SSSR count). The van der Waals surface area contributed by atoms with E-state index >= 15 is 0 Å². The van der Waals surface area contributed by atoms with Gasteiger partial charge in [-0.15, -0.1) is 0 Å². The molecule has 0 aliphatic rings. The maximum Gasteiger partial charge on any atom is 0.305 e. The standard InChI is InChI=1S/C13H21NO3/c1-3-16-13(15)7-4-8-14-11(2)10-12-6-5-9-17-12/h5-6,9,11,14H,3-4,7-8,10H2,1-2H3. The SMILES string of the molecule is CCOC(=O)CCCNC(C)Cc1ccco1. The fourth-order valence-electron chi connectivity index (χ4n) is 1.62. The molecule has 0 aliphatic heterocycles. The smallest absolute Gasteiger partial charge is 0.305 e. The highest BCUT2D eigenvalue weighted by Crippen LogP contribution is 2.03. The van der Waals surface area contributed by atoms with Crippen LogP contribution in [-0.2, 0) is 16.0 Å². The Bertz CT molecular complexity index is 308. The second-order valence-corrected chi connectivity index (χ2v) is 4.05. The molecular weight excluding hydrogens is 218 g/mol. The maximum absolute atomic E-state index is 11.1. The molecule has 0 saturated carbocycles. The van der Waals surface area contributed by atoms with Crippen molar-refractivity contribution in [3.8, 4) is 0 Å². The van der Waals surface area contributed by atoms with Crippen LogP contribution in [0.25, 0.3) is 0 Å². The number of rotatable bonds is 8. The molecule has 1 aromatic rings. The molecular formula is C13H21NO3. The lowest BCUT2D eigenvalue weighted by Crippen LogP contribution is -2.29. The number of esters is 1. The van der Waals surface area contributed by atoms with Gasteiger partial charge in [0.2, 0.25) is 0 Å². The van der Waals surface area contributed by atoms with Crippen LogP contribution in [0.2, 0.25) is 0 Å². The summed E-state index contributed by atoms with van der Waals surface area (Å²) in [4.78, 5) is 11.1. The molecule has 0 spiro atoms. The van der Waals surface area contributed by atoms with Crippen molar-refractivity contribution in [2.24, 2.45) is 0 Å². The first-order valence-corrected chi connectivity index (χ1v) is 6.13. The van der Waals surface area contributed by atoms with Crippen molar-refractivity contribution < 1.29 is 13.9 Å². The Balaban J connectivity index is 2.04. The molecule has 0 aromatic carbocycles. The molecule has 0 radical (unpaired) electrons. The summed E-state index contributed by atoms with van der Waals surface area (Å²) in [6.07, 6.45) is 3.84. The van der Waals surface area contributed by atoms with E-state index in [4.69, 9.17) is 9.15 Å². The maximum atomic E-state index is 11.1. The summed E-state index contributed by atoms with van der Waals surface area (Å²) in [5, 5.41) is 3.35. The van der Waals surface area contributed by atoms with E-state index in [9.17, 15) is 4.79 Å². The van der Waals surface area contributed by atoms with E-state index in [1.54, 1.807) is 6.26 Å². The van der Waals surface area contributed by atoms with Crippen LogP contribution in [-0.4, -0.2) is 25.2 Å². The molecule has 0 amide bonds. The van der Waals surface area contributed by atoms with Gasteiger partial charge in [-0.05, 0) is 38.9 Å². The van der Waals surface area contributed by atoms with Crippen molar-refractivity contribution in [2.45, 2.75) is 39.2 Å². The Labute approximate surface area is 102 Å². The number of carbonyl (C=O) groups is 1. The van der Waals surface area contributed by atoms with Crippen molar-refractivity contribution in [3.63, 3.8) is 0 Å². The Morgan fingerprint density at radius 3 is 3.06 bits per heavy atom. The molecule has 17 heavy (non-hydrogen) atoms. The number of carbonyl (C=O) groups excluding carboxylic acids is 1. The first-order valence-electron chi connectivity index (χ1n) is 6.13. The Morgan fingerprint density at radius 1 is 1.59 bits per heavy atom. The highest BCUT2D eigenvalue weighted by atomic mass is 16.5. The van der Waals surface area contributed by atoms with E-state index in [-0.39, 0.29) is 5.97 Å².